The van der Waals surface area contributed by atoms with Gasteiger partial charge in [-0.3, -0.25) is 5.73 Å². The number of nitrogens with two attached hydrogens (primary N) is 1. The van der Waals surface area contributed by atoms with Gasteiger partial charge in [-0.15, -0.1) is 0 Å². The molecule has 0 spiro atoms. The molecule has 0 saturated carbocycles. The lowest BCUT2D eigenvalue weighted by Gasteiger charge is -2.17. The molecule has 0 radical (unpaired) electrons. The van der Waals surface area contributed by atoms with E-state index >= 15 is 0 Å². The molecular weight excluding hydrogens is 689 g/mol. The summed E-state index contributed by atoms with van der Waals surface area (Å²) in [7, 11) is 0. The van der Waals surface area contributed by atoms with E-state index in [1.165, 1.54) is 0 Å². The maximum absolute atomic E-state index is 9.40. The van der Waals surface area contributed by atoms with Crippen LogP contribution in [0.5, 0.6) is 11.5 Å². The number of phenols is 2. The van der Waals surface area contributed by atoms with Gasteiger partial charge in [0.05, 0.1) is 22.1 Å². The third-order valence-corrected chi connectivity index (χ3v) is 8.34. The zero-order valence-corrected chi connectivity index (χ0v) is 28.9. The monoisotopic (exact) mass is 723 g/mol. The maximum Gasteiger partial charge on any atom is 0.223 e. The molecule has 0 unspecified atom stereocenters. The number of benzene rings is 3. The standard InChI is InChI=1S/C20H20N6O.C16H15Cl2N5O/c21-20(25-17-4-1-2-5-18(17)26-20)11-3-12-22-19-23-13-10-16(24-19)14-6-8-15(27)9-7-14;17-14-15(18)23-13(22-14)2-1-8-19-16-20-9-7-12(21-16)10-3-5-11(24)6-4-10/h1-2,4-10,13,27H,3,11-12,21H2,(H,22,23,24);3-7,9,24H,1-2,8H2,(H,22,23)(H,19,20,21). The summed E-state index contributed by atoms with van der Waals surface area (Å²) in [5, 5.41) is 27.5. The molecule has 0 saturated heterocycles. The summed E-state index contributed by atoms with van der Waals surface area (Å²) < 4.78 is 0. The van der Waals surface area contributed by atoms with E-state index in [1.807, 2.05) is 60.7 Å². The minimum Gasteiger partial charge on any atom is -0.508 e. The van der Waals surface area contributed by atoms with Gasteiger partial charge in [-0.1, -0.05) is 35.3 Å². The zero-order valence-electron chi connectivity index (χ0n) is 27.3. The second kappa shape index (κ2) is 16.4. The normalized spacial score (nSPS) is 12.5. The number of para-hydroxylation sites is 2. The van der Waals surface area contributed by atoms with Gasteiger partial charge < -0.3 is 25.8 Å². The predicted octanol–water partition coefficient (Wildman–Crippen LogP) is 5.53. The first-order chi connectivity index (χ1) is 24.7. The van der Waals surface area contributed by atoms with Crippen molar-refractivity contribution in [1.29, 1.82) is 0 Å². The SMILES string of the molecule is NC1(CCCNc2nccc(-c3ccc(O)cc3)n2)N=c2ccccc2=N1.Oc1ccc(-c2ccnc(NCCCc3nc(Cl)c(Cl)[nH]3)n2)cc1. The van der Waals surface area contributed by atoms with Crippen LogP contribution >= 0.6 is 23.2 Å². The Kier molecular flexibility index (Phi) is 11.3. The van der Waals surface area contributed by atoms with Crippen molar-refractivity contribution in [2.24, 2.45) is 15.7 Å². The van der Waals surface area contributed by atoms with Crippen LogP contribution in [0.25, 0.3) is 22.5 Å². The van der Waals surface area contributed by atoms with Crippen LogP contribution in [0.1, 0.15) is 25.1 Å². The highest BCUT2D eigenvalue weighted by atomic mass is 35.5. The Morgan fingerprint density at radius 3 is 1.67 bits per heavy atom. The van der Waals surface area contributed by atoms with Crippen LogP contribution in [0.15, 0.2) is 107 Å². The van der Waals surface area contributed by atoms with E-state index in [0.29, 0.717) is 41.7 Å². The molecule has 3 aromatic carbocycles. The fourth-order valence-electron chi connectivity index (χ4n) is 5.18. The highest BCUT2D eigenvalue weighted by molar-refractivity contribution is 6.40. The van der Waals surface area contributed by atoms with E-state index in [0.717, 1.165) is 58.3 Å². The average Bonchev–Trinajstić information content (AvgIpc) is 3.66. The summed E-state index contributed by atoms with van der Waals surface area (Å²) in [6, 6.07) is 25.2. The highest BCUT2D eigenvalue weighted by Crippen LogP contribution is 2.22. The van der Waals surface area contributed by atoms with Gasteiger partial charge in [0.15, 0.2) is 5.15 Å². The van der Waals surface area contributed by atoms with Crippen molar-refractivity contribution >= 4 is 35.1 Å². The van der Waals surface area contributed by atoms with Crippen molar-refractivity contribution in [3.8, 4) is 34.0 Å². The predicted molar refractivity (Wildman–Crippen MR) is 197 cm³/mol. The number of hydrogen-bond acceptors (Lipinski definition) is 12. The van der Waals surface area contributed by atoms with E-state index in [1.54, 1.807) is 36.7 Å². The van der Waals surface area contributed by atoms with Crippen molar-refractivity contribution in [3.63, 3.8) is 0 Å². The van der Waals surface area contributed by atoms with Gasteiger partial charge >= 0.3 is 0 Å². The molecule has 3 aromatic heterocycles. The first-order valence-electron chi connectivity index (χ1n) is 16.2. The first kappa shape index (κ1) is 35.2. The number of rotatable bonds is 12. The molecule has 51 heavy (non-hydrogen) atoms. The molecule has 0 aliphatic carbocycles. The lowest BCUT2D eigenvalue weighted by molar-refractivity contribution is 0.420. The topological polar surface area (TPSA) is 196 Å². The summed E-state index contributed by atoms with van der Waals surface area (Å²) in [5.41, 5.74) is 9.70. The molecule has 0 amide bonds. The molecule has 7 rings (SSSR count). The number of aromatic nitrogens is 6. The van der Waals surface area contributed by atoms with Crippen LogP contribution in [0.4, 0.5) is 11.9 Å². The van der Waals surface area contributed by atoms with Gasteiger partial charge in [0, 0.05) is 49.5 Å². The number of H-pyrrole nitrogens is 1. The van der Waals surface area contributed by atoms with Crippen LogP contribution in [-0.4, -0.2) is 59.0 Å². The second-order valence-corrected chi connectivity index (χ2v) is 12.3. The summed E-state index contributed by atoms with van der Waals surface area (Å²) >= 11 is 11.6. The lowest BCUT2D eigenvalue weighted by atomic mass is 10.1. The number of anilines is 2. The van der Waals surface area contributed by atoms with Crippen molar-refractivity contribution in [2.45, 2.75) is 31.5 Å². The number of imidazole rings is 1. The summed E-state index contributed by atoms with van der Waals surface area (Å²) in [6.45, 7) is 1.36. The third-order valence-electron chi connectivity index (χ3n) is 7.69. The van der Waals surface area contributed by atoms with Crippen molar-refractivity contribution in [1.82, 2.24) is 29.9 Å². The number of aryl methyl sites for hydroxylation is 1. The third kappa shape index (κ3) is 9.75. The quantitative estimate of drug-likeness (QED) is 0.0874. The molecule has 6 aromatic rings. The Balaban J connectivity index is 0.000000177. The smallest absolute Gasteiger partial charge is 0.223 e. The Morgan fingerprint density at radius 1 is 0.667 bits per heavy atom. The van der Waals surface area contributed by atoms with Gasteiger partial charge in [0.25, 0.3) is 0 Å². The van der Waals surface area contributed by atoms with Crippen LogP contribution in [0, 0.1) is 0 Å². The average molecular weight is 725 g/mol. The Labute approximate surface area is 303 Å². The van der Waals surface area contributed by atoms with E-state index in [9.17, 15) is 10.2 Å². The summed E-state index contributed by atoms with van der Waals surface area (Å²) in [6.07, 6.45) is 6.37. The molecule has 1 aliphatic heterocycles. The minimum absolute atomic E-state index is 0.226. The number of aromatic hydroxyl groups is 2. The van der Waals surface area contributed by atoms with Gasteiger partial charge in [0.1, 0.15) is 22.5 Å². The fourth-order valence-corrected chi connectivity index (χ4v) is 5.48. The van der Waals surface area contributed by atoms with Crippen molar-refractivity contribution in [3.05, 3.63) is 124 Å². The van der Waals surface area contributed by atoms with Gasteiger partial charge in [-0.2, -0.15) is 0 Å². The molecular formula is C36H35Cl2N11O2. The van der Waals surface area contributed by atoms with Gasteiger partial charge in [-0.25, -0.2) is 34.9 Å². The number of nitrogens with one attached hydrogen (secondary N) is 3. The molecule has 0 fully saturated rings. The summed E-state index contributed by atoms with van der Waals surface area (Å²) in [4.78, 5) is 33.5. The summed E-state index contributed by atoms with van der Waals surface area (Å²) in [5.74, 6) is 1.42. The van der Waals surface area contributed by atoms with E-state index in [-0.39, 0.29) is 11.5 Å². The number of halogens is 2. The van der Waals surface area contributed by atoms with Crippen LogP contribution in [0.3, 0.4) is 0 Å². The maximum atomic E-state index is 9.40. The number of fused-ring (bicyclic) bond motifs is 1. The fraction of sp³-hybridized carbons (Fsp3) is 0.194. The lowest BCUT2D eigenvalue weighted by Crippen LogP contribution is -2.35. The van der Waals surface area contributed by atoms with E-state index in [4.69, 9.17) is 28.9 Å². The molecule has 13 nitrogen and oxygen atoms in total. The number of aromatic amines is 1. The number of phenolic OH excluding ortho intramolecular Hbond substituents is 2. The van der Waals surface area contributed by atoms with Crippen molar-refractivity contribution < 1.29 is 10.2 Å². The van der Waals surface area contributed by atoms with Gasteiger partial charge in [0.2, 0.25) is 17.7 Å². The molecule has 0 bridgehead atoms. The van der Waals surface area contributed by atoms with E-state index in [2.05, 4.69) is 50.5 Å². The molecule has 0 atom stereocenters. The minimum atomic E-state index is -0.889. The zero-order chi connectivity index (χ0) is 35.6. The van der Waals surface area contributed by atoms with Crippen LogP contribution < -0.4 is 27.1 Å². The molecule has 1 aliphatic rings. The highest BCUT2D eigenvalue weighted by Gasteiger charge is 2.25. The van der Waals surface area contributed by atoms with Gasteiger partial charge in [-0.05, 0) is 85.6 Å². The number of nitrogens with zero attached hydrogens (tertiary/aromatic N) is 7. The van der Waals surface area contributed by atoms with Crippen LogP contribution in [-0.2, 0) is 6.42 Å². The Hall–Kier alpha value is -5.63. The largest absolute Gasteiger partial charge is 0.508 e. The Bertz CT molecular complexity index is 2140. The molecule has 15 heteroatoms. The van der Waals surface area contributed by atoms with Crippen molar-refractivity contribution in [2.75, 3.05) is 23.7 Å². The van der Waals surface area contributed by atoms with Crippen LogP contribution in [0.2, 0.25) is 10.3 Å². The van der Waals surface area contributed by atoms with E-state index < -0.39 is 5.79 Å². The Morgan fingerprint density at radius 2 is 1.18 bits per heavy atom. The number of hydrogen-bond donors (Lipinski definition) is 6. The molecule has 4 heterocycles. The first-order valence-corrected chi connectivity index (χ1v) is 16.9. The molecule has 260 valence electrons. The molecule has 7 N–H and O–H groups in total. The second-order valence-electron chi connectivity index (χ2n) is 11.6.